The first kappa shape index (κ1) is 25.7. The molecule has 0 aromatic heterocycles. The number of carbonyl (C=O) groups is 5. The van der Waals surface area contributed by atoms with E-state index in [2.05, 4.69) is 28.6 Å². The van der Waals surface area contributed by atoms with Gasteiger partial charge in [0.2, 0.25) is 23.6 Å². The van der Waals surface area contributed by atoms with E-state index in [1.807, 2.05) is 13.8 Å². The minimum Gasteiger partial charge on any atom is -0.480 e. The second-order valence-corrected chi connectivity index (χ2v) is 7.03. The SMILES string of the molecule is CC(C)CC(NC(=O)CNC(=O)C(CS)NC(=O)C(N)CCC(N)=O)C(=O)O. The number of rotatable bonds is 13. The van der Waals surface area contributed by atoms with Gasteiger partial charge in [0.05, 0.1) is 12.6 Å². The van der Waals surface area contributed by atoms with Gasteiger partial charge in [0.25, 0.3) is 0 Å². The van der Waals surface area contributed by atoms with E-state index in [9.17, 15) is 24.0 Å². The highest BCUT2D eigenvalue weighted by molar-refractivity contribution is 7.80. The number of amides is 4. The fraction of sp³-hybridized carbons (Fsp3) is 0.688. The van der Waals surface area contributed by atoms with Crippen molar-refractivity contribution in [3.63, 3.8) is 0 Å². The molecule has 0 bridgehead atoms. The molecule has 0 radical (unpaired) electrons. The van der Waals surface area contributed by atoms with E-state index in [1.165, 1.54) is 0 Å². The van der Waals surface area contributed by atoms with Crippen LogP contribution < -0.4 is 27.4 Å². The van der Waals surface area contributed by atoms with Crippen molar-refractivity contribution in [2.75, 3.05) is 12.3 Å². The first-order valence-electron chi connectivity index (χ1n) is 8.72. The zero-order valence-corrected chi connectivity index (χ0v) is 16.8. The van der Waals surface area contributed by atoms with E-state index in [1.54, 1.807) is 0 Å². The molecule has 0 aliphatic carbocycles. The molecule has 0 aromatic carbocycles. The minimum absolute atomic E-state index is 0.0247. The lowest BCUT2D eigenvalue weighted by Gasteiger charge is -2.20. The summed E-state index contributed by atoms with van der Waals surface area (Å²) in [5.41, 5.74) is 10.6. The van der Waals surface area contributed by atoms with E-state index in [4.69, 9.17) is 16.6 Å². The van der Waals surface area contributed by atoms with Crippen LogP contribution in [0.2, 0.25) is 0 Å². The number of nitrogens with two attached hydrogens (primary N) is 2. The summed E-state index contributed by atoms with van der Waals surface area (Å²) in [6, 6.07) is -3.15. The van der Waals surface area contributed by atoms with E-state index in [0.717, 1.165) is 0 Å². The van der Waals surface area contributed by atoms with E-state index >= 15 is 0 Å². The molecule has 0 aliphatic heterocycles. The van der Waals surface area contributed by atoms with Gasteiger partial charge in [-0.1, -0.05) is 13.8 Å². The van der Waals surface area contributed by atoms with Crippen molar-refractivity contribution < 1.29 is 29.1 Å². The number of aliphatic carboxylic acids is 1. The fourth-order valence-corrected chi connectivity index (χ4v) is 2.39. The van der Waals surface area contributed by atoms with E-state index in [-0.39, 0.29) is 30.9 Å². The van der Waals surface area contributed by atoms with Crippen molar-refractivity contribution in [3.8, 4) is 0 Å². The van der Waals surface area contributed by atoms with Crippen molar-refractivity contribution >= 4 is 42.2 Å². The summed E-state index contributed by atoms with van der Waals surface area (Å²) >= 11 is 3.98. The normalized spacial score (nSPS) is 13.9. The summed E-state index contributed by atoms with van der Waals surface area (Å²) in [6.07, 6.45) is 0.193. The summed E-state index contributed by atoms with van der Waals surface area (Å²) in [5, 5.41) is 16.1. The number of carbonyl (C=O) groups excluding carboxylic acids is 4. The molecule has 3 atom stereocenters. The van der Waals surface area contributed by atoms with Crippen LogP contribution in [0.1, 0.15) is 33.1 Å². The molecular weight excluding hydrogens is 390 g/mol. The van der Waals surface area contributed by atoms with Crippen LogP contribution in [-0.2, 0) is 24.0 Å². The molecular formula is C16H29N5O6S. The Hall–Kier alpha value is -2.34. The van der Waals surface area contributed by atoms with Crippen LogP contribution in [0.4, 0.5) is 0 Å². The first-order chi connectivity index (χ1) is 13.0. The van der Waals surface area contributed by atoms with Gasteiger partial charge in [-0.25, -0.2) is 4.79 Å². The largest absolute Gasteiger partial charge is 0.480 e. The lowest BCUT2D eigenvalue weighted by Crippen LogP contribution is -2.54. The van der Waals surface area contributed by atoms with Crippen LogP contribution in [0.3, 0.4) is 0 Å². The molecule has 0 saturated carbocycles. The van der Waals surface area contributed by atoms with Gasteiger partial charge in [-0.2, -0.15) is 12.6 Å². The summed E-state index contributed by atoms with van der Waals surface area (Å²) in [7, 11) is 0. The van der Waals surface area contributed by atoms with Gasteiger partial charge < -0.3 is 32.5 Å². The topological polar surface area (TPSA) is 194 Å². The van der Waals surface area contributed by atoms with Crippen molar-refractivity contribution in [1.82, 2.24) is 16.0 Å². The van der Waals surface area contributed by atoms with E-state index in [0.29, 0.717) is 0 Å². The Morgan fingerprint density at radius 1 is 1.04 bits per heavy atom. The summed E-state index contributed by atoms with van der Waals surface area (Å²) in [4.78, 5) is 57.8. The van der Waals surface area contributed by atoms with Gasteiger partial charge in [-0.3, -0.25) is 19.2 Å². The third-order valence-electron chi connectivity index (χ3n) is 3.62. The highest BCUT2D eigenvalue weighted by Crippen LogP contribution is 2.04. The molecule has 0 saturated heterocycles. The molecule has 0 spiro atoms. The Kier molecular flexibility index (Phi) is 11.9. The summed E-state index contributed by atoms with van der Waals surface area (Å²) in [5.74, 6) is -3.80. The van der Waals surface area contributed by atoms with Crippen molar-refractivity contribution in [2.45, 2.75) is 51.2 Å². The highest BCUT2D eigenvalue weighted by atomic mass is 32.1. The van der Waals surface area contributed by atoms with E-state index < -0.39 is 54.3 Å². The second-order valence-electron chi connectivity index (χ2n) is 6.66. The van der Waals surface area contributed by atoms with Gasteiger partial charge in [0.1, 0.15) is 12.1 Å². The third kappa shape index (κ3) is 10.7. The first-order valence-corrected chi connectivity index (χ1v) is 9.36. The molecule has 4 amide bonds. The Bertz CT molecular complexity index is 586. The Morgan fingerprint density at radius 3 is 2.11 bits per heavy atom. The second kappa shape index (κ2) is 12.9. The van der Waals surface area contributed by atoms with Crippen molar-refractivity contribution in [2.24, 2.45) is 17.4 Å². The quantitative estimate of drug-likeness (QED) is 0.163. The van der Waals surface area contributed by atoms with Crippen molar-refractivity contribution in [3.05, 3.63) is 0 Å². The van der Waals surface area contributed by atoms with Crippen LogP contribution in [0.5, 0.6) is 0 Å². The predicted molar refractivity (Wildman–Crippen MR) is 104 cm³/mol. The number of carboxylic acids is 1. The predicted octanol–water partition coefficient (Wildman–Crippen LogP) is -2.27. The molecule has 8 N–H and O–H groups in total. The molecule has 0 heterocycles. The Balaban J connectivity index is 4.56. The summed E-state index contributed by atoms with van der Waals surface area (Å²) in [6.45, 7) is 3.17. The number of carboxylic acid groups (broad SMARTS) is 1. The molecule has 0 rings (SSSR count). The number of thiol groups is 1. The number of hydrogen-bond donors (Lipinski definition) is 7. The van der Waals surface area contributed by atoms with Crippen LogP contribution in [0.15, 0.2) is 0 Å². The van der Waals surface area contributed by atoms with Crippen LogP contribution in [0.25, 0.3) is 0 Å². The number of hydrogen-bond acceptors (Lipinski definition) is 7. The van der Waals surface area contributed by atoms with Gasteiger partial charge in [0, 0.05) is 12.2 Å². The molecule has 3 unspecified atom stereocenters. The average molecular weight is 420 g/mol. The smallest absolute Gasteiger partial charge is 0.326 e. The molecule has 160 valence electrons. The molecule has 0 aromatic rings. The Labute approximate surface area is 168 Å². The lowest BCUT2D eigenvalue weighted by atomic mass is 10.0. The molecule has 28 heavy (non-hydrogen) atoms. The van der Waals surface area contributed by atoms with Gasteiger partial charge in [0.15, 0.2) is 0 Å². The zero-order valence-electron chi connectivity index (χ0n) is 15.9. The lowest BCUT2D eigenvalue weighted by molar-refractivity contribution is -0.142. The maximum Gasteiger partial charge on any atom is 0.326 e. The third-order valence-corrected chi connectivity index (χ3v) is 3.98. The number of nitrogens with one attached hydrogen (secondary N) is 3. The van der Waals surface area contributed by atoms with Crippen LogP contribution in [0, 0.1) is 5.92 Å². The van der Waals surface area contributed by atoms with Crippen molar-refractivity contribution in [1.29, 1.82) is 0 Å². The Morgan fingerprint density at radius 2 is 1.64 bits per heavy atom. The monoisotopic (exact) mass is 419 g/mol. The van der Waals surface area contributed by atoms with Gasteiger partial charge in [-0.15, -0.1) is 0 Å². The summed E-state index contributed by atoms with van der Waals surface area (Å²) < 4.78 is 0. The fourth-order valence-electron chi connectivity index (χ4n) is 2.13. The standard InChI is InChI=1S/C16H29N5O6S/c1-8(2)5-10(16(26)27)20-13(23)6-19-15(25)11(7-28)21-14(24)9(17)3-4-12(18)22/h8-11,28H,3-7,17H2,1-2H3,(H2,18,22)(H,19,25)(H,20,23)(H,21,24)(H,26,27). The maximum absolute atomic E-state index is 12.1. The highest BCUT2D eigenvalue weighted by Gasteiger charge is 2.24. The minimum atomic E-state index is -1.17. The molecule has 0 fully saturated rings. The molecule has 11 nitrogen and oxygen atoms in total. The maximum atomic E-state index is 12.1. The van der Waals surface area contributed by atoms with Gasteiger partial charge in [-0.05, 0) is 18.8 Å². The molecule has 12 heteroatoms. The number of primary amides is 1. The van der Waals surface area contributed by atoms with Crippen LogP contribution >= 0.6 is 12.6 Å². The zero-order chi connectivity index (χ0) is 21.9. The molecule has 0 aliphatic rings. The van der Waals surface area contributed by atoms with Crippen LogP contribution in [-0.4, -0.2) is 65.1 Å². The average Bonchev–Trinajstić information content (AvgIpc) is 2.60. The van der Waals surface area contributed by atoms with Gasteiger partial charge >= 0.3 is 5.97 Å².